The zero-order valence-corrected chi connectivity index (χ0v) is 74.8. The van der Waals surface area contributed by atoms with Gasteiger partial charge in [0.15, 0.2) is 0 Å². The first kappa shape index (κ1) is 104. The summed E-state index contributed by atoms with van der Waals surface area (Å²) in [6, 6.07) is 52.8. The summed E-state index contributed by atoms with van der Waals surface area (Å²) in [5.41, 5.74) is 6.79. The molecule has 4 N–H and O–H groups in total. The van der Waals surface area contributed by atoms with Crippen molar-refractivity contribution in [2.75, 3.05) is 171 Å². The van der Waals surface area contributed by atoms with Gasteiger partial charge in [0.1, 0.15) is 6.29 Å². The van der Waals surface area contributed by atoms with Crippen LogP contribution in [0, 0.1) is 59.2 Å². The first-order valence-electron chi connectivity index (χ1n) is 41.0. The molecule has 0 spiro atoms. The van der Waals surface area contributed by atoms with E-state index in [0.717, 1.165) is 129 Å². The molecule has 5 saturated heterocycles. The fourth-order valence-corrected chi connectivity index (χ4v) is 16.0. The van der Waals surface area contributed by atoms with Crippen LogP contribution in [0.2, 0.25) is 19.6 Å². The first-order chi connectivity index (χ1) is 53.4. The summed E-state index contributed by atoms with van der Waals surface area (Å²) in [6.07, 6.45) is 5.28. The van der Waals surface area contributed by atoms with Crippen molar-refractivity contribution < 1.29 is 38.8 Å². The number of carbonyl (C=O) groups is 3. The Bertz CT molecular complexity index is 3040. The van der Waals surface area contributed by atoms with E-state index in [4.69, 9.17) is 37.8 Å². The average Bonchev–Trinajstić information content (AvgIpc) is 1.73. The van der Waals surface area contributed by atoms with Crippen molar-refractivity contribution in [3.8, 4) is 0 Å². The topological polar surface area (TPSA) is 166 Å². The van der Waals surface area contributed by atoms with Gasteiger partial charge in [0, 0.05) is 131 Å². The number of allylic oxidation sites excluding steroid dienone is 1. The second kappa shape index (κ2) is 64.0. The summed E-state index contributed by atoms with van der Waals surface area (Å²) >= 11 is 9.53. The third-order valence-electron chi connectivity index (χ3n) is 20.7. The van der Waals surface area contributed by atoms with E-state index in [1.807, 2.05) is 30.3 Å². The largest absolute Gasteiger partial charge is 0.469 e. The fraction of sp³-hybridized carbons (Fsp3) is 0.615. The van der Waals surface area contributed by atoms with Gasteiger partial charge in [-0.2, -0.15) is 0 Å². The van der Waals surface area contributed by atoms with Crippen LogP contribution in [0.3, 0.4) is 0 Å². The Kier molecular flexibility index (Phi) is 59.8. The summed E-state index contributed by atoms with van der Waals surface area (Å²) in [6.45, 7) is 59.8. The van der Waals surface area contributed by atoms with Gasteiger partial charge in [0.05, 0.1) is 40.3 Å². The van der Waals surface area contributed by atoms with Crippen LogP contribution in [0.5, 0.6) is 0 Å². The maximum Gasteiger partial charge on any atom is 0.330 e. The van der Waals surface area contributed by atoms with E-state index in [1.165, 1.54) is 120 Å². The molecule has 20 heteroatoms. The summed E-state index contributed by atoms with van der Waals surface area (Å²) in [7, 11) is 4.52. The lowest BCUT2D eigenvalue weighted by Gasteiger charge is -2.28. The van der Waals surface area contributed by atoms with Crippen molar-refractivity contribution in [1.82, 2.24) is 44.9 Å². The number of nitrogens with zero attached hydrogens (tertiary/aromatic N) is 7. The SMILES string of the molecule is C/C=C/C(=O)OC.CC1CN(Cc2ccccc2)CC1C=O.CC1CN(Cc2ccccc2)CC1CO.CCN(CC)CC1CN(Cc2ccccc2)CC1C.CCN(CC)CC1CNCC1C.CCNCC.CO.COC(=O)C1CN(Cc2ccccc2)CC1C.COCN(Cc1ccccc1)C[Si](C)(C)C.ClCCl. The summed E-state index contributed by atoms with van der Waals surface area (Å²) < 4.78 is 14.4. The van der Waals surface area contributed by atoms with Gasteiger partial charge in [0.25, 0.3) is 0 Å². The van der Waals surface area contributed by atoms with Crippen LogP contribution >= 0.6 is 23.2 Å². The quantitative estimate of drug-likeness (QED) is 0.00932. The molecule has 17 nitrogen and oxygen atoms in total. The molecule has 5 aromatic carbocycles. The molecular formula is C91H153Cl2N9O8Si. The zero-order chi connectivity index (χ0) is 82.8. The van der Waals surface area contributed by atoms with Crippen molar-refractivity contribution in [1.29, 1.82) is 0 Å². The molecule has 10 atom stereocenters. The molecule has 111 heavy (non-hydrogen) atoms. The highest BCUT2D eigenvalue weighted by Crippen LogP contribution is 2.28. The number of nitrogens with one attached hydrogen (secondary N) is 2. The van der Waals surface area contributed by atoms with Crippen molar-refractivity contribution in [2.24, 2.45) is 59.2 Å². The number of rotatable bonds is 28. The molecule has 5 heterocycles. The zero-order valence-electron chi connectivity index (χ0n) is 72.3. The predicted molar refractivity (Wildman–Crippen MR) is 472 cm³/mol. The van der Waals surface area contributed by atoms with E-state index in [2.05, 4.69) is 267 Å². The second-order valence-electron chi connectivity index (χ2n) is 31.2. The molecule has 0 amide bonds. The Morgan fingerprint density at radius 3 is 1.21 bits per heavy atom. The Labute approximate surface area is 686 Å². The van der Waals surface area contributed by atoms with E-state index in [0.29, 0.717) is 30.3 Å². The average molecular weight is 1600 g/mol. The number of benzene rings is 5. The standard InChI is InChI=1S/C17H28N2.C14H19NO2.C13H23NOSi.C13H19NO.C13H17NO.C10H22N2.C5H8O2.C4H11N.CH2Cl2.CH4O/c1-4-18(5-2)13-17-14-19(11-15(17)3)12-16-9-7-6-8-10-16;1-11-8-15(10-13(11)14(16)17-2)9-12-6-4-3-5-7-12;1-15-11-14(12-16(2,3)4)10-13-8-6-5-7-9-13;2*1-11-7-14(9-13(11)10-15)8-12-5-3-2-4-6-12;1-4-12(5-2)8-10-7-11-6-9(10)3;1-3-4-5(6)7-2;1-3-5-4-2;2-1-3;1-2/h6-10,15,17H,4-5,11-14H2,1-3H3;3-7,11,13H,8-10H2,1-2H3;5-9H,10-12H2,1-4H3;2-6,11,13,15H,7-10H2,1H3;2-6,10-11,13H,7-9H2,1H3;9-11H,4-8H2,1-3H3;3-4H,1-2H3;5H,3-4H2,1-2H3;1H2;2H,1H3/b;;;;;;4-3+;;;. The molecule has 5 aliphatic heterocycles. The van der Waals surface area contributed by atoms with Crippen LogP contribution in [-0.4, -0.2) is 242 Å². The molecule has 5 aliphatic rings. The third-order valence-corrected chi connectivity index (χ3v) is 22.1. The number of ether oxygens (including phenoxy) is 3. The number of halogens is 2. The predicted octanol–water partition coefficient (Wildman–Crippen LogP) is 15.3. The number of aliphatic hydroxyl groups is 2. The van der Waals surface area contributed by atoms with Gasteiger partial charge in [-0.05, 0) is 141 Å². The fourth-order valence-electron chi connectivity index (χ4n) is 14.5. The lowest BCUT2D eigenvalue weighted by atomic mass is 9.98. The summed E-state index contributed by atoms with van der Waals surface area (Å²) in [4.78, 5) is 49.7. The monoisotopic (exact) mass is 1600 g/mol. The number of aliphatic hydroxyl groups excluding tert-OH is 2. The number of methoxy groups -OCH3 is 3. The highest BCUT2D eigenvalue weighted by Gasteiger charge is 2.36. The van der Waals surface area contributed by atoms with E-state index in [1.54, 1.807) is 20.1 Å². The highest BCUT2D eigenvalue weighted by molar-refractivity contribution is 6.76. The minimum atomic E-state index is -1.07. The highest BCUT2D eigenvalue weighted by atomic mass is 35.5. The van der Waals surface area contributed by atoms with Crippen LogP contribution in [0.4, 0.5) is 0 Å². The molecule has 5 fully saturated rings. The minimum absolute atomic E-state index is 0.0312. The molecule has 0 aliphatic carbocycles. The first-order valence-corrected chi connectivity index (χ1v) is 45.8. The van der Waals surface area contributed by atoms with Gasteiger partial charge < -0.3 is 49.7 Å². The van der Waals surface area contributed by atoms with Gasteiger partial charge >= 0.3 is 11.9 Å². The molecular weight excluding hydrogens is 1450 g/mol. The van der Waals surface area contributed by atoms with E-state index in [9.17, 15) is 19.5 Å². The normalized spacial score (nSPS) is 21.4. The number of carbonyl (C=O) groups excluding carboxylic acids is 3. The van der Waals surface area contributed by atoms with Crippen LogP contribution in [0.25, 0.3) is 0 Å². The number of esters is 2. The Morgan fingerprint density at radius 2 is 0.892 bits per heavy atom. The van der Waals surface area contributed by atoms with Crippen molar-refractivity contribution in [2.45, 2.75) is 135 Å². The molecule has 5 aromatic rings. The molecule has 0 saturated carbocycles. The second-order valence-corrected chi connectivity index (χ2v) is 37.4. The Balaban J connectivity index is 0.000000641. The van der Waals surface area contributed by atoms with Crippen LogP contribution in [-0.2, 0) is 61.3 Å². The summed E-state index contributed by atoms with van der Waals surface area (Å²) in [5, 5.41) is 22.9. The molecule has 0 bridgehead atoms. The molecule has 628 valence electrons. The van der Waals surface area contributed by atoms with Crippen molar-refractivity contribution >= 4 is 49.5 Å². The number of hydrogen-bond donors (Lipinski definition) is 4. The van der Waals surface area contributed by atoms with Gasteiger partial charge in [-0.25, -0.2) is 4.79 Å². The van der Waals surface area contributed by atoms with E-state index < -0.39 is 8.07 Å². The van der Waals surface area contributed by atoms with E-state index >= 15 is 0 Å². The van der Waals surface area contributed by atoms with Gasteiger partial charge in [-0.1, -0.05) is 254 Å². The van der Waals surface area contributed by atoms with Crippen molar-refractivity contribution in [3.05, 3.63) is 192 Å². The minimum Gasteiger partial charge on any atom is -0.469 e. The summed E-state index contributed by atoms with van der Waals surface area (Å²) in [5.74, 6) is 5.27. The maximum atomic E-state index is 11.6. The maximum absolute atomic E-state index is 11.6. The molecule has 0 aromatic heterocycles. The molecule has 10 unspecified atom stereocenters. The van der Waals surface area contributed by atoms with Crippen LogP contribution in [0.15, 0.2) is 164 Å². The van der Waals surface area contributed by atoms with Gasteiger partial charge in [0.2, 0.25) is 0 Å². The Morgan fingerprint density at radius 1 is 0.514 bits per heavy atom. The number of alkyl halides is 2. The lowest BCUT2D eigenvalue weighted by Crippen LogP contribution is -2.40. The molecule has 10 rings (SSSR count). The molecule has 0 radical (unpaired) electrons. The lowest BCUT2D eigenvalue weighted by molar-refractivity contribution is -0.146. The van der Waals surface area contributed by atoms with Crippen LogP contribution < -0.4 is 10.6 Å². The van der Waals surface area contributed by atoms with Crippen molar-refractivity contribution in [3.63, 3.8) is 0 Å². The third kappa shape index (κ3) is 46.8. The number of hydrogen-bond acceptors (Lipinski definition) is 17. The van der Waals surface area contributed by atoms with Gasteiger partial charge in [-0.15, -0.1) is 23.2 Å². The number of aldehydes is 1. The van der Waals surface area contributed by atoms with E-state index in [-0.39, 0.29) is 29.1 Å². The number of likely N-dealkylation sites (tertiary alicyclic amines) is 4. The smallest absolute Gasteiger partial charge is 0.330 e. The Hall–Kier alpha value is -5.23. The van der Waals surface area contributed by atoms with Crippen LogP contribution in [0.1, 0.15) is 111 Å². The van der Waals surface area contributed by atoms with Gasteiger partial charge in [-0.3, -0.25) is 29.3 Å².